The lowest BCUT2D eigenvalue weighted by Crippen LogP contribution is -2.51. The maximum atomic E-state index is 13.1. The number of benzene rings is 1. The molecular formula is C11H10FNO4. The summed E-state index contributed by atoms with van der Waals surface area (Å²) >= 11 is 0. The Morgan fingerprint density at radius 2 is 2.29 bits per heavy atom. The van der Waals surface area contributed by atoms with Crippen molar-refractivity contribution in [3.8, 4) is 0 Å². The van der Waals surface area contributed by atoms with Gasteiger partial charge < -0.3 is 9.84 Å². The molecule has 1 unspecified atom stereocenters. The highest BCUT2D eigenvalue weighted by atomic mass is 19.1. The Morgan fingerprint density at radius 3 is 2.88 bits per heavy atom. The van der Waals surface area contributed by atoms with Crippen LogP contribution in [-0.4, -0.2) is 29.3 Å². The lowest BCUT2D eigenvalue weighted by Gasteiger charge is -2.27. The smallest absolute Gasteiger partial charge is 0.415 e. The fraction of sp³-hybridized carbons (Fsp3) is 0.273. The first kappa shape index (κ1) is 11.4. The summed E-state index contributed by atoms with van der Waals surface area (Å²) in [4.78, 5) is 23.6. The van der Waals surface area contributed by atoms with Crippen LogP contribution in [0.5, 0.6) is 0 Å². The van der Waals surface area contributed by atoms with Crippen LogP contribution < -0.4 is 4.90 Å². The standard InChI is InChI=1S/C11H10FNO4/c1-11(9(14)15)6-17-10(16)13(11)8-4-2-3-7(12)5-8/h2-5H,6H2,1H3,(H,14,15). The third kappa shape index (κ3) is 1.71. The normalized spacial score (nSPS) is 23.6. The van der Waals surface area contributed by atoms with Gasteiger partial charge in [-0.1, -0.05) is 6.07 Å². The lowest BCUT2D eigenvalue weighted by atomic mass is 10.0. The molecule has 2 rings (SSSR count). The topological polar surface area (TPSA) is 66.8 Å². The number of carboxylic acids is 1. The van der Waals surface area contributed by atoms with E-state index in [2.05, 4.69) is 0 Å². The number of carbonyl (C=O) groups excluding carboxylic acids is 1. The number of ether oxygens (including phenoxy) is 1. The van der Waals surface area contributed by atoms with Crippen molar-refractivity contribution in [1.82, 2.24) is 0 Å². The van der Waals surface area contributed by atoms with Gasteiger partial charge in [0.25, 0.3) is 0 Å². The number of cyclic esters (lactones) is 1. The van der Waals surface area contributed by atoms with Gasteiger partial charge in [-0.15, -0.1) is 0 Å². The molecule has 0 bridgehead atoms. The molecule has 1 heterocycles. The summed E-state index contributed by atoms with van der Waals surface area (Å²) in [5.41, 5.74) is -1.34. The Hall–Kier alpha value is -2.11. The van der Waals surface area contributed by atoms with E-state index in [4.69, 9.17) is 9.84 Å². The molecule has 1 amide bonds. The van der Waals surface area contributed by atoms with Crippen LogP contribution in [0.1, 0.15) is 6.92 Å². The van der Waals surface area contributed by atoms with Crippen molar-refractivity contribution in [2.24, 2.45) is 0 Å². The fourth-order valence-electron chi connectivity index (χ4n) is 1.70. The van der Waals surface area contributed by atoms with Gasteiger partial charge >= 0.3 is 12.1 Å². The number of hydrogen-bond donors (Lipinski definition) is 1. The highest BCUT2D eigenvalue weighted by Gasteiger charge is 2.50. The fourth-order valence-corrected chi connectivity index (χ4v) is 1.70. The number of halogens is 1. The second-order valence-electron chi connectivity index (χ2n) is 3.95. The molecule has 1 N–H and O–H groups in total. The monoisotopic (exact) mass is 239 g/mol. The van der Waals surface area contributed by atoms with Crippen molar-refractivity contribution in [1.29, 1.82) is 0 Å². The summed E-state index contributed by atoms with van der Waals surface area (Å²) in [7, 11) is 0. The average Bonchev–Trinajstić information content (AvgIpc) is 2.56. The molecule has 0 saturated carbocycles. The minimum Gasteiger partial charge on any atom is -0.479 e. The molecule has 1 saturated heterocycles. The molecule has 17 heavy (non-hydrogen) atoms. The molecule has 0 aromatic heterocycles. The molecule has 1 atom stereocenters. The van der Waals surface area contributed by atoms with E-state index in [1.807, 2.05) is 0 Å². The zero-order valence-corrected chi connectivity index (χ0v) is 9.01. The second-order valence-corrected chi connectivity index (χ2v) is 3.95. The van der Waals surface area contributed by atoms with Gasteiger partial charge in [-0.2, -0.15) is 0 Å². The van der Waals surface area contributed by atoms with Gasteiger partial charge in [0.1, 0.15) is 12.4 Å². The van der Waals surface area contributed by atoms with Gasteiger partial charge in [0.2, 0.25) is 0 Å². The Kier molecular flexibility index (Phi) is 2.49. The Bertz CT molecular complexity index is 490. The SMILES string of the molecule is CC1(C(=O)O)COC(=O)N1c1cccc(F)c1. The maximum absolute atomic E-state index is 13.1. The molecule has 0 radical (unpaired) electrons. The highest BCUT2D eigenvalue weighted by molar-refractivity contribution is 6.00. The minimum atomic E-state index is -1.51. The van der Waals surface area contributed by atoms with Gasteiger partial charge in [-0.05, 0) is 25.1 Å². The summed E-state index contributed by atoms with van der Waals surface area (Å²) in [6.45, 7) is 1.09. The first-order valence-corrected chi connectivity index (χ1v) is 4.91. The molecule has 6 heteroatoms. The third-order valence-corrected chi connectivity index (χ3v) is 2.68. The van der Waals surface area contributed by atoms with Crippen molar-refractivity contribution in [2.75, 3.05) is 11.5 Å². The Balaban J connectivity index is 2.48. The number of carboxylic acid groups (broad SMARTS) is 1. The Morgan fingerprint density at radius 1 is 1.59 bits per heavy atom. The summed E-state index contributed by atoms with van der Waals surface area (Å²) < 4.78 is 17.8. The third-order valence-electron chi connectivity index (χ3n) is 2.68. The highest BCUT2D eigenvalue weighted by Crippen LogP contribution is 2.31. The van der Waals surface area contributed by atoms with Crippen LogP contribution >= 0.6 is 0 Å². The Labute approximate surface area is 96.4 Å². The molecular weight excluding hydrogens is 229 g/mol. The number of carbonyl (C=O) groups is 2. The van der Waals surface area contributed by atoms with Crippen LogP contribution in [-0.2, 0) is 9.53 Å². The van der Waals surface area contributed by atoms with Crippen LogP contribution in [0.4, 0.5) is 14.9 Å². The van der Waals surface area contributed by atoms with E-state index in [0.717, 1.165) is 11.0 Å². The zero-order chi connectivity index (χ0) is 12.6. The largest absolute Gasteiger partial charge is 0.479 e. The van der Waals surface area contributed by atoms with E-state index in [-0.39, 0.29) is 12.3 Å². The van der Waals surface area contributed by atoms with Crippen LogP contribution in [0.2, 0.25) is 0 Å². The summed E-state index contributed by atoms with van der Waals surface area (Å²) in [6.07, 6.45) is -0.791. The molecule has 0 spiro atoms. The summed E-state index contributed by atoms with van der Waals surface area (Å²) in [6, 6.07) is 5.16. The molecule has 0 aliphatic carbocycles. The van der Waals surface area contributed by atoms with Crippen molar-refractivity contribution in [2.45, 2.75) is 12.5 Å². The molecule has 1 aliphatic heterocycles. The van der Waals surface area contributed by atoms with E-state index in [9.17, 15) is 14.0 Å². The number of aliphatic carboxylic acids is 1. The minimum absolute atomic E-state index is 0.164. The number of anilines is 1. The average molecular weight is 239 g/mol. The lowest BCUT2D eigenvalue weighted by molar-refractivity contribution is -0.142. The van der Waals surface area contributed by atoms with E-state index >= 15 is 0 Å². The zero-order valence-electron chi connectivity index (χ0n) is 9.01. The van der Waals surface area contributed by atoms with Crippen molar-refractivity contribution < 1.29 is 23.8 Å². The molecule has 1 fully saturated rings. The van der Waals surface area contributed by atoms with E-state index < -0.39 is 23.4 Å². The quantitative estimate of drug-likeness (QED) is 0.851. The first-order valence-electron chi connectivity index (χ1n) is 4.91. The predicted molar refractivity (Wildman–Crippen MR) is 56.3 cm³/mol. The number of amides is 1. The molecule has 5 nitrogen and oxygen atoms in total. The van der Waals surface area contributed by atoms with Gasteiger partial charge in [0.05, 0.1) is 5.69 Å². The molecule has 1 aromatic rings. The van der Waals surface area contributed by atoms with Crippen molar-refractivity contribution in [3.63, 3.8) is 0 Å². The summed E-state index contributed by atoms with van der Waals surface area (Å²) in [5.74, 6) is -1.75. The number of rotatable bonds is 2. The van der Waals surface area contributed by atoms with E-state index in [1.165, 1.54) is 25.1 Å². The molecule has 90 valence electrons. The van der Waals surface area contributed by atoms with E-state index in [0.29, 0.717) is 0 Å². The van der Waals surface area contributed by atoms with Crippen molar-refractivity contribution in [3.05, 3.63) is 30.1 Å². The molecule has 1 aromatic carbocycles. The van der Waals surface area contributed by atoms with Gasteiger partial charge in [-0.25, -0.2) is 14.0 Å². The first-order chi connectivity index (χ1) is 7.95. The van der Waals surface area contributed by atoms with Gasteiger partial charge in [0.15, 0.2) is 5.54 Å². The van der Waals surface area contributed by atoms with Crippen LogP contribution in [0.3, 0.4) is 0 Å². The molecule has 1 aliphatic rings. The summed E-state index contributed by atoms with van der Waals surface area (Å²) in [5, 5.41) is 9.12. The number of nitrogens with zero attached hydrogens (tertiary/aromatic N) is 1. The van der Waals surface area contributed by atoms with Crippen LogP contribution in [0, 0.1) is 5.82 Å². The van der Waals surface area contributed by atoms with Crippen molar-refractivity contribution >= 4 is 17.7 Å². The van der Waals surface area contributed by atoms with Crippen LogP contribution in [0.15, 0.2) is 24.3 Å². The second kappa shape index (κ2) is 3.73. The van der Waals surface area contributed by atoms with Gasteiger partial charge in [0, 0.05) is 0 Å². The predicted octanol–water partition coefficient (Wildman–Crippen LogP) is 1.63. The maximum Gasteiger partial charge on any atom is 0.415 e. The van der Waals surface area contributed by atoms with E-state index in [1.54, 1.807) is 0 Å². The van der Waals surface area contributed by atoms with Crippen LogP contribution in [0.25, 0.3) is 0 Å². The van der Waals surface area contributed by atoms with Gasteiger partial charge in [-0.3, -0.25) is 4.90 Å². The number of hydrogen-bond acceptors (Lipinski definition) is 3.